The second-order valence-electron chi connectivity index (χ2n) is 4.20. The van der Waals surface area contributed by atoms with Gasteiger partial charge < -0.3 is 0 Å². The van der Waals surface area contributed by atoms with Gasteiger partial charge in [0.15, 0.2) is 0 Å². The van der Waals surface area contributed by atoms with Gasteiger partial charge in [0, 0.05) is 6.07 Å². The summed E-state index contributed by atoms with van der Waals surface area (Å²) < 4.78 is 27.3. The molecule has 0 unspecified atom stereocenters. The number of para-hydroxylation sites is 1. The number of rotatable bonds is 4. The lowest BCUT2D eigenvalue weighted by atomic mass is 10.2. The number of aryl methyl sites for hydroxylation is 2. The zero-order valence-electron chi connectivity index (χ0n) is 10.6. The Bertz CT molecular complexity index is 695. The van der Waals surface area contributed by atoms with Crippen molar-refractivity contribution in [2.75, 3.05) is 9.38 Å². The lowest BCUT2D eigenvalue weighted by Gasteiger charge is -2.11. The molecule has 0 aliphatic heterocycles. The normalized spacial score (nSPS) is 11.5. The summed E-state index contributed by atoms with van der Waals surface area (Å²) in [7, 11) is -3.40. The van der Waals surface area contributed by atoms with Crippen LogP contribution in [0.25, 0.3) is 5.69 Å². The van der Waals surface area contributed by atoms with E-state index in [4.69, 9.17) is 0 Å². The van der Waals surface area contributed by atoms with Crippen LogP contribution >= 0.6 is 15.9 Å². The first-order chi connectivity index (χ1) is 8.93. The molecule has 0 atom stereocenters. The van der Waals surface area contributed by atoms with E-state index >= 15 is 0 Å². The van der Waals surface area contributed by atoms with E-state index in [1.807, 2.05) is 38.1 Å². The topological polar surface area (TPSA) is 64.0 Å². The van der Waals surface area contributed by atoms with E-state index in [9.17, 15) is 8.42 Å². The molecule has 0 saturated carbocycles. The molecule has 0 aliphatic rings. The molecule has 19 heavy (non-hydrogen) atoms. The van der Waals surface area contributed by atoms with Crippen LogP contribution in [0.15, 0.2) is 30.3 Å². The van der Waals surface area contributed by atoms with Crippen molar-refractivity contribution >= 4 is 31.8 Å². The molecule has 0 fully saturated rings. The smallest absolute Gasteiger partial charge is 0.243 e. The maximum atomic E-state index is 11.6. The van der Waals surface area contributed by atoms with Crippen molar-refractivity contribution in [2.45, 2.75) is 13.8 Å². The Morgan fingerprint density at radius 2 is 2.00 bits per heavy atom. The third-order valence-corrected chi connectivity index (χ3v) is 5.19. The van der Waals surface area contributed by atoms with Crippen LogP contribution in [0.4, 0.5) is 5.82 Å². The van der Waals surface area contributed by atoms with Crippen LogP contribution in [-0.4, -0.2) is 22.9 Å². The average molecular weight is 344 g/mol. The van der Waals surface area contributed by atoms with Gasteiger partial charge in [0.1, 0.15) is 10.5 Å². The summed E-state index contributed by atoms with van der Waals surface area (Å²) in [5.74, 6) is 0.436. The minimum absolute atomic E-state index is 0.155. The van der Waals surface area contributed by atoms with Gasteiger partial charge in [-0.2, -0.15) is 5.10 Å². The van der Waals surface area contributed by atoms with Crippen molar-refractivity contribution < 1.29 is 8.42 Å². The number of halogens is 1. The van der Waals surface area contributed by atoms with E-state index in [0.717, 1.165) is 16.9 Å². The Morgan fingerprint density at radius 3 is 2.63 bits per heavy atom. The number of nitrogens with one attached hydrogen (secondary N) is 1. The average Bonchev–Trinajstić information content (AvgIpc) is 2.70. The van der Waals surface area contributed by atoms with Gasteiger partial charge in [-0.1, -0.05) is 34.1 Å². The fourth-order valence-electron chi connectivity index (χ4n) is 1.74. The summed E-state index contributed by atoms with van der Waals surface area (Å²) in [6.07, 6.45) is 0. The van der Waals surface area contributed by atoms with E-state index in [1.165, 1.54) is 0 Å². The van der Waals surface area contributed by atoms with Crippen molar-refractivity contribution in [1.82, 2.24) is 9.78 Å². The molecule has 0 spiro atoms. The number of hydrogen-bond acceptors (Lipinski definition) is 3. The summed E-state index contributed by atoms with van der Waals surface area (Å²) in [6.45, 7) is 3.77. The lowest BCUT2D eigenvalue weighted by Crippen LogP contribution is -2.16. The van der Waals surface area contributed by atoms with E-state index < -0.39 is 10.0 Å². The van der Waals surface area contributed by atoms with Crippen molar-refractivity contribution in [1.29, 1.82) is 0 Å². The van der Waals surface area contributed by atoms with Crippen molar-refractivity contribution in [2.24, 2.45) is 0 Å². The first-order valence-electron chi connectivity index (χ1n) is 5.62. The summed E-state index contributed by atoms with van der Waals surface area (Å²) in [6, 6.07) is 9.37. The second kappa shape index (κ2) is 5.34. The fraction of sp³-hybridized carbons (Fsp3) is 0.250. The molecule has 1 aromatic heterocycles. The Morgan fingerprint density at radius 1 is 1.32 bits per heavy atom. The minimum atomic E-state index is -3.40. The summed E-state index contributed by atoms with van der Waals surface area (Å²) in [4.78, 5) is 0. The first-order valence-corrected chi connectivity index (χ1v) is 8.39. The van der Waals surface area contributed by atoms with Crippen molar-refractivity contribution in [3.63, 3.8) is 0 Å². The Labute approximate surface area is 120 Å². The molecule has 1 heterocycles. The van der Waals surface area contributed by atoms with Crippen LogP contribution < -0.4 is 4.72 Å². The lowest BCUT2D eigenvalue weighted by molar-refractivity contribution is 0.605. The third kappa shape index (κ3) is 3.16. The fourth-order valence-corrected chi connectivity index (χ4v) is 2.61. The predicted molar refractivity (Wildman–Crippen MR) is 79.4 cm³/mol. The molecule has 0 aliphatic carbocycles. The number of hydrogen-bond donors (Lipinski definition) is 1. The monoisotopic (exact) mass is 343 g/mol. The number of benzene rings is 1. The molecule has 0 amide bonds. The summed E-state index contributed by atoms with van der Waals surface area (Å²) in [5, 5.41) is 4.33. The van der Waals surface area contributed by atoms with Gasteiger partial charge in [0.25, 0.3) is 0 Å². The van der Waals surface area contributed by atoms with E-state index in [2.05, 4.69) is 25.8 Å². The number of aromatic nitrogens is 2. The zero-order valence-corrected chi connectivity index (χ0v) is 13.0. The van der Waals surface area contributed by atoms with Gasteiger partial charge >= 0.3 is 0 Å². The third-order valence-electron chi connectivity index (χ3n) is 2.58. The molecule has 2 aromatic rings. The SMILES string of the molecule is Cc1cc(NS(=O)(=O)CBr)n(-c2ccccc2C)n1. The van der Waals surface area contributed by atoms with Gasteiger partial charge in [-0.15, -0.1) is 0 Å². The molecule has 1 aromatic carbocycles. The molecule has 7 heteroatoms. The predicted octanol–water partition coefficient (Wildman–Crippen LogP) is 2.58. The summed E-state index contributed by atoms with van der Waals surface area (Å²) >= 11 is 2.95. The standard InChI is InChI=1S/C12H14BrN3O2S/c1-9-5-3-4-6-11(9)16-12(7-10(2)14-16)15-19(17,18)8-13/h3-7,15H,8H2,1-2H3. The largest absolute Gasteiger partial charge is 0.267 e. The number of alkyl halides is 1. The number of nitrogens with zero attached hydrogens (tertiary/aromatic N) is 2. The summed E-state index contributed by atoms with van der Waals surface area (Å²) in [5.41, 5.74) is 2.61. The highest BCUT2D eigenvalue weighted by Gasteiger charge is 2.15. The number of sulfonamides is 1. The van der Waals surface area contributed by atoms with Gasteiger partial charge in [0.05, 0.1) is 11.4 Å². The van der Waals surface area contributed by atoms with Gasteiger partial charge in [-0.3, -0.25) is 4.72 Å². The Kier molecular flexibility index (Phi) is 3.96. The van der Waals surface area contributed by atoms with E-state index in [1.54, 1.807) is 10.7 Å². The van der Waals surface area contributed by atoms with Gasteiger partial charge in [-0.05, 0) is 25.5 Å². The molecular formula is C12H14BrN3O2S. The highest BCUT2D eigenvalue weighted by molar-refractivity contribution is 9.10. The quantitative estimate of drug-likeness (QED) is 0.867. The van der Waals surface area contributed by atoms with Crippen molar-refractivity contribution in [3.05, 3.63) is 41.6 Å². The van der Waals surface area contributed by atoms with Crippen LogP contribution in [-0.2, 0) is 10.0 Å². The maximum Gasteiger partial charge on any atom is 0.243 e. The van der Waals surface area contributed by atoms with Crippen LogP contribution in [0, 0.1) is 13.8 Å². The van der Waals surface area contributed by atoms with Gasteiger partial charge in [-0.25, -0.2) is 13.1 Å². The van der Waals surface area contributed by atoms with Crippen LogP contribution in [0.5, 0.6) is 0 Å². The molecular weight excluding hydrogens is 330 g/mol. The number of anilines is 1. The van der Waals surface area contributed by atoms with Gasteiger partial charge in [0.2, 0.25) is 10.0 Å². The van der Waals surface area contributed by atoms with Crippen LogP contribution in [0.2, 0.25) is 0 Å². The second-order valence-corrected chi connectivity index (χ2v) is 7.22. The highest BCUT2D eigenvalue weighted by atomic mass is 79.9. The molecule has 0 saturated heterocycles. The minimum Gasteiger partial charge on any atom is -0.267 e. The van der Waals surface area contributed by atoms with E-state index in [0.29, 0.717) is 5.82 Å². The molecule has 0 bridgehead atoms. The van der Waals surface area contributed by atoms with E-state index in [-0.39, 0.29) is 4.66 Å². The molecule has 102 valence electrons. The maximum absolute atomic E-state index is 11.6. The Balaban J connectivity index is 2.51. The first kappa shape index (κ1) is 14.1. The van der Waals surface area contributed by atoms with Crippen LogP contribution in [0.1, 0.15) is 11.3 Å². The molecule has 1 N–H and O–H groups in total. The Hall–Kier alpha value is -1.34. The molecule has 0 radical (unpaired) electrons. The van der Waals surface area contributed by atoms with Crippen molar-refractivity contribution in [3.8, 4) is 5.69 Å². The highest BCUT2D eigenvalue weighted by Crippen LogP contribution is 2.21. The molecule has 2 rings (SSSR count). The zero-order chi connectivity index (χ0) is 14.0. The molecule has 5 nitrogen and oxygen atoms in total. The van der Waals surface area contributed by atoms with Crippen LogP contribution in [0.3, 0.4) is 0 Å².